The van der Waals surface area contributed by atoms with Crippen LogP contribution in [0.1, 0.15) is 71.1 Å². The normalized spacial score (nSPS) is 15.4. The van der Waals surface area contributed by atoms with E-state index in [2.05, 4.69) is 69.0 Å². The number of hydrogen-bond acceptors (Lipinski definition) is 6. The second-order valence-electron chi connectivity index (χ2n) is 16.0. The van der Waals surface area contributed by atoms with Crippen molar-refractivity contribution in [3.63, 3.8) is 0 Å². The van der Waals surface area contributed by atoms with Crippen molar-refractivity contribution in [3.8, 4) is 11.1 Å². The highest BCUT2D eigenvalue weighted by molar-refractivity contribution is 5.69. The Morgan fingerprint density at radius 3 is 1.00 bits per heavy atom. The third-order valence-electron chi connectivity index (χ3n) is 11.7. The van der Waals surface area contributed by atoms with Crippen LogP contribution in [0.4, 0.5) is 9.59 Å². The molecule has 60 heavy (non-hydrogen) atoms. The molecule has 0 aliphatic carbocycles. The number of ether oxygens (including phenoxy) is 2. The maximum absolute atomic E-state index is 13.1. The molecule has 6 aromatic rings. The molecule has 306 valence electrons. The molecule has 0 aromatic heterocycles. The average Bonchev–Trinajstić information content (AvgIpc) is 3.30. The first-order chi connectivity index (χ1) is 29.5. The quantitative estimate of drug-likeness (QED) is 0.121. The zero-order chi connectivity index (χ0) is 40.9. The molecule has 2 fully saturated rings. The molecule has 8 rings (SSSR count). The summed E-state index contributed by atoms with van der Waals surface area (Å²) in [5.74, 6) is 0. The fourth-order valence-corrected chi connectivity index (χ4v) is 8.40. The number of nitrogens with one attached hydrogen (secondary N) is 2. The van der Waals surface area contributed by atoms with Crippen molar-refractivity contribution in [1.29, 1.82) is 0 Å². The molecule has 2 aliphatic rings. The van der Waals surface area contributed by atoms with E-state index in [-0.39, 0.29) is 36.5 Å². The molecular formula is C52H54N4O4. The first-order valence-electron chi connectivity index (χ1n) is 21.3. The minimum atomic E-state index is -0.375. The number of benzene rings is 6. The van der Waals surface area contributed by atoms with Gasteiger partial charge in [0, 0.05) is 39.3 Å². The van der Waals surface area contributed by atoms with E-state index < -0.39 is 0 Å². The number of likely N-dealkylation sites (tertiary alicyclic amines) is 2. The molecule has 2 heterocycles. The van der Waals surface area contributed by atoms with Gasteiger partial charge in [-0.25, -0.2) is 9.59 Å². The minimum absolute atomic E-state index is 0.1000. The topological polar surface area (TPSA) is 83.1 Å². The molecule has 0 unspecified atom stereocenters. The molecule has 2 aliphatic heterocycles. The van der Waals surface area contributed by atoms with Crippen LogP contribution in [0.3, 0.4) is 0 Å². The van der Waals surface area contributed by atoms with E-state index >= 15 is 0 Å². The summed E-state index contributed by atoms with van der Waals surface area (Å²) in [5.41, 5.74) is 9.04. The summed E-state index contributed by atoms with van der Waals surface area (Å²) >= 11 is 0. The van der Waals surface area contributed by atoms with Crippen molar-refractivity contribution in [2.75, 3.05) is 26.2 Å². The second-order valence-corrected chi connectivity index (χ2v) is 16.0. The minimum Gasteiger partial charge on any atom is -0.446 e. The Balaban J connectivity index is 0.752. The highest BCUT2D eigenvalue weighted by Crippen LogP contribution is 2.26. The lowest BCUT2D eigenvalue weighted by molar-refractivity contribution is 0.0471. The number of piperidine rings is 2. The number of amides is 2. The summed E-state index contributed by atoms with van der Waals surface area (Å²) in [4.78, 5) is 31.0. The van der Waals surface area contributed by atoms with Crippen LogP contribution >= 0.6 is 0 Å². The molecule has 0 bridgehead atoms. The van der Waals surface area contributed by atoms with Gasteiger partial charge in [0.05, 0.1) is 12.1 Å². The first-order valence-corrected chi connectivity index (χ1v) is 21.3. The molecule has 8 nitrogen and oxygen atoms in total. The Kier molecular flexibility index (Phi) is 13.6. The lowest BCUT2D eigenvalue weighted by Gasteiger charge is -2.32. The molecule has 0 saturated carbocycles. The van der Waals surface area contributed by atoms with Crippen molar-refractivity contribution in [2.24, 2.45) is 0 Å². The average molecular weight is 799 g/mol. The van der Waals surface area contributed by atoms with Gasteiger partial charge in [0.1, 0.15) is 12.2 Å². The Bertz CT molecular complexity index is 1980. The van der Waals surface area contributed by atoms with Crippen molar-refractivity contribution >= 4 is 12.2 Å². The third kappa shape index (κ3) is 11.1. The van der Waals surface area contributed by atoms with Gasteiger partial charge in [0.2, 0.25) is 0 Å². The van der Waals surface area contributed by atoms with Crippen molar-refractivity contribution in [3.05, 3.63) is 203 Å². The van der Waals surface area contributed by atoms with Crippen molar-refractivity contribution in [1.82, 2.24) is 20.4 Å². The predicted octanol–water partition coefficient (Wildman–Crippen LogP) is 10.3. The fraction of sp³-hybridized carbons (Fsp3) is 0.269. The second kappa shape index (κ2) is 20.2. The van der Waals surface area contributed by atoms with Gasteiger partial charge in [-0.1, -0.05) is 170 Å². The molecule has 0 atom stereocenters. The van der Waals surface area contributed by atoms with Crippen LogP contribution in [0.5, 0.6) is 0 Å². The van der Waals surface area contributed by atoms with E-state index in [1.807, 2.05) is 121 Å². The Hall–Kier alpha value is -6.22. The van der Waals surface area contributed by atoms with Crippen molar-refractivity contribution in [2.45, 2.75) is 63.1 Å². The number of carbonyl (C=O) groups is 2. The van der Waals surface area contributed by atoms with E-state index in [0.29, 0.717) is 0 Å². The highest BCUT2D eigenvalue weighted by Gasteiger charge is 2.26. The molecule has 0 radical (unpaired) electrons. The smallest absolute Gasteiger partial charge is 0.408 e. The first kappa shape index (κ1) is 40.6. The van der Waals surface area contributed by atoms with E-state index in [4.69, 9.17) is 9.47 Å². The van der Waals surface area contributed by atoms with Crippen molar-refractivity contribution < 1.29 is 19.1 Å². The fourth-order valence-electron chi connectivity index (χ4n) is 8.40. The predicted molar refractivity (Wildman–Crippen MR) is 237 cm³/mol. The van der Waals surface area contributed by atoms with Gasteiger partial charge in [-0.15, -0.1) is 0 Å². The third-order valence-corrected chi connectivity index (χ3v) is 11.7. The van der Waals surface area contributed by atoms with E-state index in [9.17, 15) is 9.59 Å². The Morgan fingerprint density at radius 1 is 0.433 bits per heavy atom. The molecule has 6 aromatic carbocycles. The van der Waals surface area contributed by atoms with E-state index in [0.717, 1.165) is 87.2 Å². The largest absolute Gasteiger partial charge is 0.446 e. The number of nitrogens with zero attached hydrogens (tertiary/aromatic N) is 2. The number of alkyl carbamates (subject to hydrolysis) is 2. The monoisotopic (exact) mass is 798 g/mol. The molecule has 2 amide bonds. The maximum atomic E-state index is 13.1. The van der Waals surface area contributed by atoms with Gasteiger partial charge in [0.25, 0.3) is 0 Å². The lowest BCUT2D eigenvalue weighted by Crippen LogP contribution is -2.40. The van der Waals surface area contributed by atoms with Gasteiger partial charge in [-0.3, -0.25) is 9.80 Å². The molecule has 2 N–H and O–H groups in total. The van der Waals surface area contributed by atoms with Crippen LogP contribution in [-0.2, 0) is 22.6 Å². The molecule has 2 saturated heterocycles. The lowest BCUT2D eigenvalue weighted by atomic mass is 9.99. The summed E-state index contributed by atoms with van der Waals surface area (Å²) in [6.45, 7) is 5.27. The molecular weight excluding hydrogens is 745 g/mol. The van der Waals surface area contributed by atoms with Gasteiger partial charge >= 0.3 is 12.2 Å². The zero-order valence-electron chi connectivity index (χ0n) is 34.1. The molecule has 8 heteroatoms. The standard InChI is InChI=1S/C52H54N4O4/c57-51(53-49(43-13-5-1-6-14-43)44-15-7-2-8-16-44)59-47-29-33-55(34-30-47)37-39-21-25-41(26-22-39)42-27-23-40(24-28-42)38-56-35-31-48(32-36-56)60-52(58)54-50(45-17-9-3-10-18-45)46-19-11-4-12-20-46/h1-28,47-50H,29-38H2,(H,53,57)(H,54,58). The SMILES string of the molecule is O=C(NC(c1ccccc1)c1ccccc1)OC1CCN(Cc2ccc(-c3ccc(CN4CCC(OC(=O)NC(c5ccccc5)c5ccccc5)CC4)cc3)cc2)CC1. The summed E-state index contributed by atoms with van der Waals surface area (Å²) < 4.78 is 11.9. The van der Waals surface area contributed by atoms with Crippen LogP contribution in [0.2, 0.25) is 0 Å². The maximum Gasteiger partial charge on any atom is 0.408 e. The summed E-state index contributed by atoms with van der Waals surface area (Å²) in [6, 6.07) is 57.3. The van der Waals surface area contributed by atoms with Gasteiger partial charge in [-0.05, 0) is 70.2 Å². The Morgan fingerprint density at radius 2 is 0.717 bits per heavy atom. The number of rotatable bonds is 13. The summed E-state index contributed by atoms with van der Waals surface area (Å²) in [5, 5.41) is 6.23. The van der Waals surface area contributed by atoms with Gasteiger partial charge in [0.15, 0.2) is 0 Å². The van der Waals surface area contributed by atoms with E-state index in [1.165, 1.54) is 22.3 Å². The highest BCUT2D eigenvalue weighted by atomic mass is 16.6. The summed E-state index contributed by atoms with van der Waals surface area (Å²) in [6.07, 6.45) is 2.30. The van der Waals surface area contributed by atoms with Crippen LogP contribution in [0.15, 0.2) is 170 Å². The molecule has 0 spiro atoms. The number of hydrogen-bond donors (Lipinski definition) is 2. The van der Waals surface area contributed by atoms with Gasteiger partial charge < -0.3 is 20.1 Å². The van der Waals surface area contributed by atoms with Gasteiger partial charge in [-0.2, -0.15) is 0 Å². The van der Waals surface area contributed by atoms with Crippen LogP contribution in [0.25, 0.3) is 11.1 Å². The van der Waals surface area contributed by atoms with Crippen LogP contribution in [0, 0.1) is 0 Å². The zero-order valence-corrected chi connectivity index (χ0v) is 34.1. The number of carbonyl (C=O) groups excluding carboxylic acids is 2. The van der Waals surface area contributed by atoms with Crippen LogP contribution in [-0.4, -0.2) is 60.4 Å². The van der Waals surface area contributed by atoms with Crippen LogP contribution < -0.4 is 10.6 Å². The summed E-state index contributed by atoms with van der Waals surface area (Å²) in [7, 11) is 0. The Labute approximate surface area is 354 Å². The van der Waals surface area contributed by atoms with E-state index in [1.54, 1.807) is 0 Å².